The largest absolute Gasteiger partial charge is 0.496 e. The van der Waals surface area contributed by atoms with E-state index in [-0.39, 0.29) is 0 Å². The van der Waals surface area contributed by atoms with E-state index >= 15 is 0 Å². The van der Waals surface area contributed by atoms with Gasteiger partial charge in [-0.25, -0.2) is 0 Å². The first-order valence-corrected chi connectivity index (χ1v) is 7.35. The molecule has 0 aliphatic carbocycles. The Morgan fingerprint density at radius 1 is 1.50 bits per heavy atom. The quantitative estimate of drug-likeness (QED) is 0.791. The SMILES string of the molecule is COc1ccc(CCNCC2CCCN2)cc1Br. The van der Waals surface area contributed by atoms with Gasteiger partial charge in [0.25, 0.3) is 0 Å². The molecule has 100 valence electrons. The van der Waals surface area contributed by atoms with Gasteiger partial charge >= 0.3 is 0 Å². The van der Waals surface area contributed by atoms with Crippen molar-refractivity contribution in [3.8, 4) is 5.75 Å². The summed E-state index contributed by atoms with van der Waals surface area (Å²) in [5, 5.41) is 7.01. The highest BCUT2D eigenvalue weighted by Gasteiger charge is 2.12. The number of hydrogen-bond donors (Lipinski definition) is 2. The van der Waals surface area contributed by atoms with E-state index in [1.165, 1.54) is 24.9 Å². The van der Waals surface area contributed by atoms with Crippen LogP contribution in [-0.2, 0) is 6.42 Å². The molecule has 1 aliphatic rings. The van der Waals surface area contributed by atoms with Crippen molar-refractivity contribution in [2.75, 3.05) is 26.7 Å². The summed E-state index contributed by atoms with van der Waals surface area (Å²) in [4.78, 5) is 0. The molecular weight excluding hydrogens is 292 g/mol. The highest BCUT2D eigenvalue weighted by atomic mass is 79.9. The molecule has 0 radical (unpaired) electrons. The van der Waals surface area contributed by atoms with Crippen molar-refractivity contribution in [1.29, 1.82) is 0 Å². The molecule has 0 spiro atoms. The average Bonchev–Trinajstić information content (AvgIpc) is 2.88. The van der Waals surface area contributed by atoms with E-state index in [2.05, 4.69) is 38.7 Å². The molecule has 1 unspecified atom stereocenters. The smallest absolute Gasteiger partial charge is 0.133 e. The summed E-state index contributed by atoms with van der Waals surface area (Å²) in [6, 6.07) is 6.94. The van der Waals surface area contributed by atoms with Crippen LogP contribution >= 0.6 is 15.9 Å². The summed E-state index contributed by atoms with van der Waals surface area (Å²) in [6.07, 6.45) is 3.67. The molecule has 0 aromatic heterocycles. The Kier molecular flexibility index (Phi) is 5.47. The van der Waals surface area contributed by atoms with Gasteiger partial charge in [0.2, 0.25) is 0 Å². The van der Waals surface area contributed by atoms with Crippen LogP contribution in [0.2, 0.25) is 0 Å². The molecule has 0 saturated carbocycles. The lowest BCUT2D eigenvalue weighted by molar-refractivity contribution is 0.412. The lowest BCUT2D eigenvalue weighted by Crippen LogP contribution is -2.34. The fraction of sp³-hybridized carbons (Fsp3) is 0.571. The highest BCUT2D eigenvalue weighted by Crippen LogP contribution is 2.25. The van der Waals surface area contributed by atoms with Crippen LogP contribution in [0.5, 0.6) is 5.75 Å². The fourth-order valence-electron chi connectivity index (χ4n) is 2.31. The normalized spacial score (nSPS) is 19.1. The molecule has 18 heavy (non-hydrogen) atoms. The van der Waals surface area contributed by atoms with Crippen LogP contribution in [0.1, 0.15) is 18.4 Å². The summed E-state index contributed by atoms with van der Waals surface area (Å²) in [5.41, 5.74) is 1.33. The van der Waals surface area contributed by atoms with Crippen molar-refractivity contribution in [3.63, 3.8) is 0 Å². The minimum absolute atomic E-state index is 0.674. The maximum atomic E-state index is 5.22. The maximum absolute atomic E-state index is 5.22. The van der Waals surface area contributed by atoms with Crippen molar-refractivity contribution in [1.82, 2.24) is 10.6 Å². The molecule has 1 atom stereocenters. The first kappa shape index (κ1) is 13.8. The van der Waals surface area contributed by atoms with Gasteiger partial charge in [0.15, 0.2) is 0 Å². The molecule has 2 rings (SSSR count). The molecule has 0 amide bonds. The van der Waals surface area contributed by atoms with E-state index < -0.39 is 0 Å². The van der Waals surface area contributed by atoms with Crippen molar-refractivity contribution >= 4 is 15.9 Å². The van der Waals surface area contributed by atoms with Crippen molar-refractivity contribution in [2.45, 2.75) is 25.3 Å². The molecule has 2 N–H and O–H groups in total. The number of benzene rings is 1. The predicted molar refractivity (Wildman–Crippen MR) is 78.3 cm³/mol. The van der Waals surface area contributed by atoms with Gasteiger partial charge in [0, 0.05) is 12.6 Å². The Hall–Kier alpha value is -0.580. The van der Waals surface area contributed by atoms with Crippen LogP contribution in [0.15, 0.2) is 22.7 Å². The zero-order chi connectivity index (χ0) is 12.8. The summed E-state index contributed by atoms with van der Waals surface area (Å²) < 4.78 is 6.25. The fourth-order valence-corrected chi connectivity index (χ4v) is 2.89. The van der Waals surface area contributed by atoms with Gasteiger partial charge < -0.3 is 15.4 Å². The van der Waals surface area contributed by atoms with Crippen LogP contribution in [-0.4, -0.2) is 32.8 Å². The minimum Gasteiger partial charge on any atom is -0.496 e. The second kappa shape index (κ2) is 7.12. The van der Waals surface area contributed by atoms with Gasteiger partial charge in [-0.3, -0.25) is 0 Å². The molecule has 1 aliphatic heterocycles. The van der Waals surface area contributed by atoms with E-state index in [9.17, 15) is 0 Å². The Balaban J connectivity index is 1.71. The molecule has 4 heteroatoms. The summed E-state index contributed by atoms with van der Waals surface area (Å²) in [5.74, 6) is 0.891. The van der Waals surface area contributed by atoms with Gasteiger partial charge in [-0.1, -0.05) is 6.07 Å². The lowest BCUT2D eigenvalue weighted by atomic mass is 10.1. The molecule has 1 saturated heterocycles. The van der Waals surface area contributed by atoms with Gasteiger partial charge in [0.1, 0.15) is 5.75 Å². The molecule has 1 fully saturated rings. The summed E-state index contributed by atoms with van der Waals surface area (Å²) in [7, 11) is 1.69. The topological polar surface area (TPSA) is 33.3 Å². The number of rotatable bonds is 6. The van der Waals surface area contributed by atoms with E-state index in [4.69, 9.17) is 4.74 Å². The number of ether oxygens (including phenoxy) is 1. The van der Waals surface area contributed by atoms with E-state index in [0.29, 0.717) is 6.04 Å². The Morgan fingerprint density at radius 2 is 2.39 bits per heavy atom. The lowest BCUT2D eigenvalue weighted by Gasteiger charge is -2.11. The molecular formula is C14H21BrN2O. The third-order valence-corrected chi connectivity index (χ3v) is 3.98. The summed E-state index contributed by atoms with van der Waals surface area (Å²) in [6.45, 7) is 3.28. The number of methoxy groups -OCH3 is 1. The zero-order valence-corrected chi connectivity index (χ0v) is 12.4. The van der Waals surface area contributed by atoms with Gasteiger partial charge in [0.05, 0.1) is 11.6 Å². The molecule has 1 aromatic rings. The molecule has 3 nitrogen and oxygen atoms in total. The highest BCUT2D eigenvalue weighted by molar-refractivity contribution is 9.10. The first-order chi connectivity index (χ1) is 8.79. The maximum Gasteiger partial charge on any atom is 0.133 e. The van der Waals surface area contributed by atoms with Crippen molar-refractivity contribution in [2.24, 2.45) is 0 Å². The number of hydrogen-bond acceptors (Lipinski definition) is 3. The van der Waals surface area contributed by atoms with E-state index in [0.717, 1.165) is 29.7 Å². The summed E-state index contributed by atoms with van der Waals surface area (Å²) >= 11 is 3.51. The van der Waals surface area contributed by atoms with Gasteiger partial charge in [-0.2, -0.15) is 0 Å². The number of nitrogens with one attached hydrogen (secondary N) is 2. The second-order valence-electron chi connectivity index (χ2n) is 4.72. The molecule has 0 bridgehead atoms. The standard InChI is InChI=1S/C14H21BrN2O/c1-18-14-5-4-11(9-13(14)15)6-8-16-10-12-3-2-7-17-12/h4-5,9,12,16-17H,2-3,6-8,10H2,1H3. The molecule has 1 aromatic carbocycles. The van der Waals surface area contributed by atoms with E-state index in [1.54, 1.807) is 7.11 Å². The minimum atomic E-state index is 0.674. The zero-order valence-electron chi connectivity index (χ0n) is 10.8. The Bertz CT molecular complexity index is 378. The van der Waals surface area contributed by atoms with E-state index in [1.807, 2.05) is 6.07 Å². The van der Waals surface area contributed by atoms with Gasteiger partial charge in [-0.05, 0) is 66.0 Å². The first-order valence-electron chi connectivity index (χ1n) is 6.56. The van der Waals surface area contributed by atoms with Crippen LogP contribution in [0, 0.1) is 0 Å². The Morgan fingerprint density at radius 3 is 3.06 bits per heavy atom. The number of halogens is 1. The van der Waals surface area contributed by atoms with Crippen molar-refractivity contribution < 1.29 is 4.74 Å². The monoisotopic (exact) mass is 312 g/mol. The van der Waals surface area contributed by atoms with Crippen molar-refractivity contribution in [3.05, 3.63) is 28.2 Å². The molecule has 1 heterocycles. The average molecular weight is 313 g/mol. The van der Waals surface area contributed by atoms with Crippen LogP contribution in [0.25, 0.3) is 0 Å². The third-order valence-electron chi connectivity index (χ3n) is 3.36. The van der Waals surface area contributed by atoms with Gasteiger partial charge in [-0.15, -0.1) is 0 Å². The van der Waals surface area contributed by atoms with Crippen LogP contribution < -0.4 is 15.4 Å². The van der Waals surface area contributed by atoms with Crippen LogP contribution in [0.3, 0.4) is 0 Å². The third kappa shape index (κ3) is 3.97. The Labute approximate surface area is 117 Å². The predicted octanol–water partition coefficient (Wildman–Crippen LogP) is 2.34. The van der Waals surface area contributed by atoms with Crippen LogP contribution in [0.4, 0.5) is 0 Å². The second-order valence-corrected chi connectivity index (χ2v) is 5.57.